The summed E-state index contributed by atoms with van der Waals surface area (Å²) in [5.41, 5.74) is 0.908. The van der Waals surface area contributed by atoms with Gasteiger partial charge in [-0.15, -0.1) is 0 Å². The molecule has 1 atom stereocenters. The van der Waals surface area contributed by atoms with E-state index >= 15 is 0 Å². The van der Waals surface area contributed by atoms with Crippen LogP contribution in [0.25, 0.3) is 0 Å². The van der Waals surface area contributed by atoms with Crippen molar-refractivity contribution in [3.8, 4) is 0 Å². The third-order valence-corrected chi connectivity index (χ3v) is 6.02. The molecule has 0 spiro atoms. The van der Waals surface area contributed by atoms with Gasteiger partial charge in [-0.3, -0.25) is 0 Å². The van der Waals surface area contributed by atoms with Crippen LogP contribution in [0, 0.1) is 0 Å². The molecule has 1 saturated heterocycles. The second-order valence-corrected chi connectivity index (χ2v) is 8.00. The van der Waals surface area contributed by atoms with Crippen LogP contribution in [0.1, 0.15) is 18.4 Å². The Morgan fingerprint density at radius 1 is 1.32 bits per heavy atom. The van der Waals surface area contributed by atoms with Gasteiger partial charge in [-0.1, -0.05) is 30.3 Å². The van der Waals surface area contributed by atoms with Crippen LogP contribution in [-0.2, 0) is 21.4 Å². The van der Waals surface area contributed by atoms with Crippen LogP contribution in [0.2, 0.25) is 0 Å². The lowest BCUT2D eigenvalue weighted by Crippen LogP contribution is -2.48. The molecule has 1 amide bonds. The van der Waals surface area contributed by atoms with Crippen LogP contribution in [0.15, 0.2) is 30.3 Å². The number of carbonyl (C=O) groups is 1. The number of ether oxygens (including phenoxy) is 1. The average Bonchev–Trinajstić information content (AvgIpc) is 2.53. The van der Waals surface area contributed by atoms with Gasteiger partial charge >= 0.3 is 6.09 Å². The second-order valence-electron chi connectivity index (χ2n) is 5.58. The molecule has 122 valence electrons. The SMILES string of the molecule is CN(C)S(=O)(=O)C1CCCN(C(=O)OCc2ccccc2)C1. The second kappa shape index (κ2) is 7.11. The molecule has 6 nitrogen and oxygen atoms in total. The fraction of sp³-hybridized carbons (Fsp3) is 0.533. The molecule has 1 aliphatic heterocycles. The summed E-state index contributed by atoms with van der Waals surface area (Å²) in [6.07, 6.45) is 0.781. The quantitative estimate of drug-likeness (QED) is 0.844. The fourth-order valence-corrected chi connectivity index (χ4v) is 3.89. The maximum Gasteiger partial charge on any atom is 0.410 e. The number of nitrogens with zero attached hydrogens (tertiary/aromatic N) is 2. The summed E-state index contributed by atoms with van der Waals surface area (Å²) in [6.45, 7) is 0.919. The minimum absolute atomic E-state index is 0.189. The van der Waals surface area contributed by atoms with Crippen LogP contribution in [0.3, 0.4) is 0 Å². The maximum absolute atomic E-state index is 12.2. The molecule has 1 heterocycles. The first-order chi connectivity index (χ1) is 10.4. The monoisotopic (exact) mass is 326 g/mol. The normalized spacial score (nSPS) is 19.2. The molecule has 0 bridgehead atoms. The first-order valence-corrected chi connectivity index (χ1v) is 8.78. The summed E-state index contributed by atoms with van der Waals surface area (Å²) in [4.78, 5) is 13.6. The van der Waals surface area contributed by atoms with E-state index in [2.05, 4.69) is 0 Å². The van der Waals surface area contributed by atoms with E-state index in [-0.39, 0.29) is 13.2 Å². The molecule has 1 fully saturated rings. The van der Waals surface area contributed by atoms with Gasteiger partial charge in [0.2, 0.25) is 10.0 Å². The molecule has 1 aromatic rings. The van der Waals surface area contributed by atoms with Crippen LogP contribution in [-0.4, -0.2) is 56.2 Å². The summed E-state index contributed by atoms with van der Waals surface area (Å²) >= 11 is 0. The lowest BCUT2D eigenvalue weighted by atomic mass is 10.1. The zero-order chi connectivity index (χ0) is 16.2. The third-order valence-electron chi connectivity index (χ3n) is 3.77. The first kappa shape index (κ1) is 16.8. The summed E-state index contributed by atoms with van der Waals surface area (Å²) in [6, 6.07) is 9.41. The van der Waals surface area contributed by atoms with Gasteiger partial charge in [0.05, 0.1) is 5.25 Å². The Kier molecular flexibility index (Phi) is 5.42. The molecular weight excluding hydrogens is 304 g/mol. The molecule has 0 aromatic heterocycles. The van der Waals surface area contributed by atoms with E-state index < -0.39 is 21.4 Å². The van der Waals surface area contributed by atoms with E-state index in [9.17, 15) is 13.2 Å². The van der Waals surface area contributed by atoms with E-state index in [1.165, 1.54) is 23.3 Å². The van der Waals surface area contributed by atoms with Gasteiger partial charge < -0.3 is 9.64 Å². The van der Waals surface area contributed by atoms with Crippen molar-refractivity contribution in [1.29, 1.82) is 0 Å². The van der Waals surface area contributed by atoms with Gasteiger partial charge in [-0.2, -0.15) is 0 Å². The number of amides is 1. The highest BCUT2D eigenvalue weighted by molar-refractivity contribution is 7.89. The van der Waals surface area contributed by atoms with Crippen LogP contribution >= 0.6 is 0 Å². The molecule has 0 saturated carbocycles. The number of rotatable bonds is 4. The topological polar surface area (TPSA) is 66.9 Å². The van der Waals surface area contributed by atoms with E-state index in [1.54, 1.807) is 0 Å². The van der Waals surface area contributed by atoms with Crippen molar-refractivity contribution in [2.75, 3.05) is 27.2 Å². The van der Waals surface area contributed by atoms with Crippen molar-refractivity contribution in [2.24, 2.45) is 0 Å². The number of piperidine rings is 1. The largest absolute Gasteiger partial charge is 0.445 e. The Morgan fingerprint density at radius 3 is 2.64 bits per heavy atom. The highest BCUT2D eigenvalue weighted by Gasteiger charge is 2.34. The van der Waals surface area contributed by atoms with Gasteiger partial charge in [-0.05, 0) is 18.4 Å². The van der Waals surface area contributed by atoms with E-state index in [4.69, 9.17) is 4.74 Å². The molecule has 1 aliphatic rings. The number of likely N-dealkylation sites (tertiary alicyclic amines) is 1. The Bertz CT molecular complexity index is 601. The number of sulfonamides is 1. The average molecular weight is 326 g/mol. The predicted octanol–water partition coefficient (Wildman–Crippen LogP) is 1.68. The van der Waals surface area contributed by atoms with E-state index in [0.717, 1.165) is 5.56 Å². The molecule has 1 aromatic carbocycles. The number of hydrogen-bond donors (Lipinski definition) is 0. The Balaban J connectivity index is 1.93. The van der Waals surface area contributed by atoms with E-state index in [1.807, 2.05) is 30.3 Å². The zero-order valence-corrected chi connectivity index (χ0v) is 13.8. The lowest BCUT2D eigenvalue weighted by molar-refractivity contribution is 0.0897. The highest BCUT2D eigenvalue weighted by atomic mass is 32.2. The number of hydrogen-bond acceptors (Lipinski definition) is 4. The Hall–Kier alpha value is -1.60. The van der Waals surface area contributed by atoms with Gasteiger partial charge in [0.15, 0.2) is 0 Å². The summed E-state index contributed by atoms with van der Waals surface area (Å²) in [5, 5.41) is -0.555. The summed E-state index contributed by atoms with van der Waals surface area (Å²) in [7, 11) is -0.318. The van der Waals surface area contributed by atoms with Crippen molar-refractivity contribution < 1.29 is 17.9 Å². The number of carbonyl (C=O) groups excluding carboxylic acids is 1. The maximum atomic E-state index is 12.2. The Morgan fingerprint density at radius 2 is 2.00 bits per heavy atom. The van der Waals surface area contributed by atoms with Crippen molar-refractivity contribution in [3.05, 3.63) is 35.9 Å². The van der Waals surface area contributed by atoms with Crippen LogP contribution < -0.4 is 0 Å². The Labute approximate surface area is 131 Å². The first-order valence-electron chi connectivity index (χ1n) is 7.28. The minimum Gasteiger partial charge on any atom is -0.445 e. The lowest BCUT2D eigenvalue weighted by Gasteiger charge is -2.32. The molecule has 22 heavy (non-hydrogen) atoms. The molecule has 2 rings (SSSR count). The zero-order valence-electron chi connectivity index (χ0n) is 12.9. The van der Waals surface area contributed by atoms with Gasteiger partial charge in [0.1, 0.15) is 6.61 Å². The third kappa shape index (κ3) is 3.98. The molecule has 0 aliphatic carbocycles. The summed E-state index contributed by atoms with van der Waals surface area (Å²) < 4.78 is 30.8. The molecule has 0 radical (unpaired) electrons. The molecular formula is C15H22N2O4S. The molecule has 1 unspecified atom stereocenters. The minimum atomic E-state index is -3.35. The molecule has 0 N–H and O–H groups in total. The van der Waals surface area contributed by atoms with Gasteiger partial charge in [0, 0.05) is 27.2 Å². The number of benzene rings is 1. The van der Waals surface area contributed by atoms with E-state index in [0.29, 0.717) is 19.4 Å². The van der Waals surface area contributed by atoms with Gasteiger partial charge in [-0.25, -0.2) is 17.5 Å². The predicted molar refractivity (Wildman–Crippen MR) is 83.8 cm³/mol. The standard InChI is InChI=1S/C15H22N2O4S/c1-16(2)22(19,20)14-9-6-10-17(11-14)15(18)21-12-13-7-4-3-5-8-13/h3-5,7-8,14H,6,9-12H2,1-2H3. The van der Waals surface area contributed by atoms with Gasteiger partial charge in [0.25, 0.3) is 0 Å². The van der Waals surface area contributed by atoms with Crippen molar-refractivity contribution in [3.63, 3.8) is 0 Å². The van der Waals surface area contributed by atoms with Crippen molar-refractivity contribution >= 4 is 16.1 Å². The summed E-state index contributed by atoms with van der Waals surface area (Å²) in [5.74, 6) is 0. The molecule has 7 heteroatoms. The highest BCUT2D eigenvalue weighted by Crippen LogP contribution is 2.19. The van der Waals surface area contributed by atoms with Crippen LogP contribution in [0.5, 0.6) is 0 Å². The van der Waals surface area contributed by atoms with Crippen molar-refractivity contribution in [2.45, 2.75) is 24.7 Å². The fourth-order valence-electron chi connectivity index (χ4n) is 2.46. The van der Waals surface area contributed by atoms with Crippen molar-refractivity contribution in [1.82, 2.24) is 9.21 Å². The smallest absolute Gasteiger partial charge is 0.410 e. The van der Waals surface area contributed by atoms with Crippen LogP contribution in [0.4, 0.5) is 4.79 Å².